The van der Waals surface area contributed by atoms with Gasteiger partial charge in [-0.2, -0.15) is 0 Å². The van der Waals surface area contributed by atoms with Crippen LogP contribution in [0.15, 0.2) is 48.5 Å². The normalized spacial score (nSPS) is 10.4. The van der Waals surface area contributed by atoms with Crippen molar-refractivity contribution in [1.82, 2.24) is 9.97 Å². The van der Waals surface area contributed by atoms with Gasteiger partial charge in [-0.25, -0.2) is 9.97 Å². The molecule has 0 aliphatic carbocycles. The number of nitro benzene ring substituents is 1. The van der Waals surface area contributed by atoms with Crippen molar-refractivity contribution in [2.45, 2.75) is 0 Å². The highest BCUT2D eigenvalue weighted by atomic mass is 16.6. The molecule has 2 N–H and O–H groups in total. The quantitative estimate of drug-likeness (QED) is 0.553. The van der Waals surface area contributed by atoms with Gasteiger partial charge in [0.15, 0.2) is 11.5 Å². The predicted molar refractivity (Wildman–Crippen MR) is 97.1 cm³/mol. The van der Waals surface area contributed by atoms with E-state index in [1.54, 1.807) is 44.6 Å². The van der Waals surface area contributed by atoms with Crippen LogP contribution in [-0.2, 0) is 0 Å². The molecular weight excluding hydrogens is 336 g/mol. The number of nitrogen functional groups attached to an aromatic ring is 1. The SMILES string of the molecule is COc1ccc(-c2cc(-c3ccc([N+](=O)[O-])cc3)nc(N)n2)cc1OC. The van der Waals surface area contributed by atoms with Crippen LogP contribution >= 0.6 is 0 Å². The Labute approximate surface area is 149 Å². The van der Waals surface area contributed by atoms with Gasteiger partial charge in [0, 0.05) is 23.3 Å². The number of non-ortho nitro benzene ring substituents is 1. The number of methoxy groups -OCH3 is 2. The molecule has 8 heteroatoms. The molecule has 0 saturated carbocycles. The summed E-state index contributed by atoms with van der Waals surface area (Å²) < 4.78 is 10.6. The molecule has 132 valence electrons. The summed E-state index contributed by atoms with van der Waals surface area (Å²) >= 11 is 0. The van der Waals surface area contributed by atoms with Crippen LogP contribution in [0.5, 0.6) is 11.5 Å². The maximum Gasteiger partial charge on any atom is 0.269 e. The van der Waals surface area contributed by atoms with E-state index < -0.39 is 4.92 Å². The Morgan fingerprint density at radius 2 is 1.46 bits per heavy atom. The summed E-state index contributed by atoms with van der Waals surface area (Å²) in [6.45, 7) is 0. The second-order valence-corrected chi connectivity index (χ2v) is 5.37. The summed E-state index contributed by atoms with van der Waals surface area (Å²) in [5.74, 6) is 1.28. The topological polar surface area (TPSA) is 113 Å². The lowest BCUT2D eigenvalue weighted by molar-refractivity contribution is -0.384. The molecule has 26 heavy (non-hydrogen) atoms. The molecule has 0 saturated heterocycles. The van der Waals surface area contributed by atoms with Crippen molar-refractivity contribution in [2.75, 3.05) is 20.0 Å². The molecule has 0 fully saturated rings. The minimum absolute atomic E-state index is 0.0101. The number of anilines is 1. The number of nitro groups is 1. The van der Waals surface area contributed by atoms with Crippen molar-refractivity contribution in [2.24, 2.45) is 0 Å². The maximum atomic E-state index is 10.8. The molecule has 0 atom stereocenters. The minimum atomic E-state index is -0.451. The van der Waals surface area contributed by atoms with E-state index >= 15 is 0 Å². The smallest absolute Gasteiger partial charge is 0.269 e. The van der Waals surface area contributed by atoms with Crippen LogP contribution in [0, 0.1) is 10.1 Å². The number of ether oxygens (including phenoxy) is 2. The summed E-state index contributed by atoms with van der Waals surface area (Å²) in [5, 5.41) is 10.8. The summed E-state index contributed by atoms with van der Waals surface area (Å²) in [6, 6.07) is 13.3. The van der Waals surface area contributed by atoms with E-state index in [9.17, 15) is 10.1 Å². The van der Waals surface area contributed by atoms with E-state index in [0.717, 1.165) is 5.56 Å². The van der Waals surface area contributed by atoms with Gasteiger partial charge in [0.25, 0.3) is 5.69 Å². The van der Waals surface area contributed by atoms with Crippen molar-refractivity contribution in [3.8, 4) is 34.0 Å². The highest BCUT2D eigenvalue weighted by Crippen LogP contribution is 2.33. The van der Waals surface area contributed by atoms with Crippen LogP contribution in [0.3, 0.4) is 0 Å². The minimum Gasteiger partial charge on any atom is -0.493 e. The maximum absolute atomic E-state index is 10.8. The van der Waals surface area contributed by atoms with Crippen molar-refractivity contribution in [3.63, 3.8) is 0 Å². The largest absolute Gasteiger partial charge is 0.493 e. The van der Waals surface area contributed by atoms with Gasteiger partial charge in [-0.15, -0.1) is 0 Å². The van der Waals surface area contributed by atoms with Gasteiger partial charge in [-0.05, 0) is 36.4 Å². The average Bonchev–Trinajstić information content (AvgIpc) is 2.67. The summed E-state index contributed by atoms with van der Waals surface area (Å²) in [7, 11) is 3.12. The van der Waals surface area contributed by atoms with E-state index in [1.165, 1.54) is 12.1 Å². The third-order valence-electron chi connectivity index (χ3n) is 3.80. The van der Waals surface area contributed by atoms with Crippen molar-refractivity contribution in [1.29, 1.82) is 0 Å². The Bertz CT molecular complexity index is 958. The Kier molecular flexibility index (Phi) is 4.66. The van der Waals surface area contributed by atoms with Crippen LogP contribution < -0.4 is 15.2 Å². The lowest BCUT2D eigenvalue weighted by atomic mass is 10.1. The van der Waals surface area contributed by atoms with Crippen molar-refractivity contribution in [3.05, 3.63) is 58.6 Å². The molecule has 0 amide bonds. The monoisotopic (exact) mass is 352 g/mol. The summed E-state index contributed by atoms with van der Waals surface area (Å²) in [6.07, 6.45) is 0. The van der Waals surface area contributed by atoms with Gasteiger partial charge >= 0.3 is 0 Å². The molecule has 3 rings (SSSR count). The molecule has 8 nitrogen and oxygen atoms in total. The molecule has 0 bridgehead atoms. The van der Waals surface area contributed by atoms with E-state index in [4.69, 9.17) is 15.2 Å². The van der Waals surface area contributed by atoms with Gasteiger partial charge in [-0.1, -0.05) is 0 Å². The lowest BCUT2D eigenvalue weighted by Gasteiger charge is -2.10. The summed E-state index contributed by atoms with van der Waals surface area (Å²) in [5.41, 5.74) is 8.51. The highest BCUT2D eigenvalue weighted by Gasteiger charge is 2.12. The van der Waals surface area contributed by atoms with Gasteiger partial charge in [0.05, 0.1) is 30.5 Å². The second-order valence-electron chi connectivity index (χ2n) is 5.37. The number of nitrogens with two attached hydrogens (primary N) is 1. The van der Waals surface area contributed by atoms with Crippen LogP contribution in [0.4, 0.5) is 11.6 Å². The van der Waals surface area contributed by atoms with Gasteiger partial charge < -0.3 is 15.2 Å². The zero-order valence-electron chi connectivity index (χ0n) is 14.2. The van der Waals surface area contributed by atoms with Crippen LogP contribution in [0.25, 0.3) is 22.5 Å². The Balaban J connectivity index is 2.04. The number of hydrogen-bond donors (Lipinski definition) is 1. The Hall–Kier alpha value is -3.68. The fraction of sp³-hybridized carbons (Fsp3) is 0.111. The predicted octanol–water partition coefficient (Wildman–Crippen LogP) is 3.32. The van der Waals surface area contributed by atoms with Gasteiger partial charge in [0.1, 0.15) is 0 Å². The van der Waals surface area contributed by atoms with E-state index in [1.807, 2.05) is 6.07 Å². The van der Waals surface area contributed by atoms with Crippen LogP contribution in [-0.4, -0.2) is 29.1 Å². The molecule has 0 spiro atoms. The molecule has 0 aliphatic heterocycles. The Morgan fingerprint density at radius 3 is 2.04 bits per heavy atom. The lowest BCUT2D eigenvalue weighted by Crippen LogP contribution is -1.99. The number of aromatic nitrogens is 2. The van der Waals surface area contributed by atoms with E-state index in [2.05, 4.69) is 9.97 Å². The van der Waals surface area contributed by atoms with E-state index in [-0.39, 0.29) is 11.6 Å². The first-order valence-corrected chi connectivity index (χ1v) is 7.63. The average molecular weight is 352 g/mol. The second kappa shape index (κ2) is 7.06. The number of hydrogen-bond acceptors (Lipinski definition) is 7. The zero-order valence-corrected chi connectivity index (χ0v) is 14.2. The van der Waals surface area contributed by atoms with Gasteiger partial charge in [-0.3, -0.25) is 10.1 Å². The molecular formula is C18H16N4O4. The van der Waals surface area contributed by atoms with E-state index in [0.29, 0.717) is 28.5 Å². The highest BCUT2D eigenvalue weighted by molar-refractivity contribution is 5.71. The first kappa shape index (κ1) is 17.2. The molecule has 0 unspecified atom stereocenters. The third-order valence-corrected chi connectivity index (χ3v) is 3.80. The molecule has 3 aromatic rings. The van der Waals surface area contributed by atoms with Crippen LogP contribution in [0.1, 0.15) is 0 Å². The van der Waals surface area contributed by atoms with Crippen LogP contribution in [0.2, 0.25) is 0 Å². The number of nitrogens with zero attached hydrogens (tertiary/aromatic N) is 3. The molecule has 1 aromatic heterocycles. The zero-order chi connectivity index (χ0) is 18.7. The first-order chi connectivity index (χ1) is 12.5. The standard InChI is InChI=1S/C18H16N4O4/c1-25-16-8-5-12(9-17(16)26-2)15-10-14(20-18(19)21-15)11-3-6-13(7-4-11)22(23)24/h3-10H,1-2H3,(H2,19,20,21). The molecule has 0 aliphatic rings. The van der Waals surface area contributed by atoms with Gasteiger partial charge in [0.2, 0.25) is 5.95 Å². The third kappa shape index (κ3) is 3.39. The number of rotatable bonds is 5. The molecule has 1 heterocycles. The molecule has 0 radical (unpaired) electrons. The fourth-order valence-corrected chi connectivity index (χ4v) is 2.51. The summed E-state index contributed by atoms with van der Waals surface area (Å²) in [4.78, 5) is 18.8. The molecule has 2 aromatic carbocycles. The van der Waals surface area contributed by atoms with Crippen molar-refractivity contribution >= 4 is 11.6 Å². The first-order valence-electron chi connectivity index (χ1n) is 7.63. The fourth-order valence-electron chi connectivity index (χ4n) is 2.51. The van der Waals surface area contributed by atoms with Crippen molar-refractivity contribution < 1.29 is 14.4 Å². The number of benzene rings is 2. The Morgan fingerprint density at radius 1 is 0.885 bits per heavy atom.